The minimum absolute atomic E-state index is 0.358. The Labute approximate surface area is 132 Å². The summed E-state index contributed by atoms with van der Waals surface area (Å²) in [6.45, 7) is 0. The molecule has 132 valence electrons. The van der Waals surface area contributed by atoms with Gasteiger partial charge in [-0.1, -0.05) is 0 Å². The summed E-state index contributed by atoms with van der Waals surface area (Å²) >= 11 is 0. The highest BCUT2D eigenvalue weighted by atomic mass is 16.4. The highest BCUT2D eigenvalue weighted by Gasteiger charge is 2.13. The van der Waals surface area contributed by atoms with E-state index < -0.39 is 59.8 Å². The van der Waals surface area contributed by atoms with Crippen LogP contribution in [-0.4, -0.2) is 66.5 Å². The van der Waals surface area contributed by atoms with Gasteiger partial charge in [0.05, 0.1) is 24.0 Å². The van der Waals surface area contributed by atoms with E-state index in [9.17, 15) is 28.8 Å². The summed E-state index contributed by atoms with van der Waals surface area (Å²) in [7, 11) is 0. The van der Waals surface area contributed by atoms with E-state index in [2.05, 4.69) is 0 Å². The molecule has 0 radical (unpaired) electrons. The van der Waals surface area contributed by atoms with Gasteiger partial charge < -0.3 is 30.6 Å². The van der Waals surface area contributed by atoms with Gasteiger partial charge in [-0.15, -0.1) is 0 Å². The Kier molecular flexibility index (Phi) is 10.3. The molecule has 0 spiro atoms. The molecule has 0 heterocycles. The van der Waals surface area contributed by atoms with Crippen molar-refractivity contribution in [1.29, 1.82) is 0 Å². The standard InChI is InChI=1S/2C6H6O6/c2*7-4(8)1-3(6(11)12)2-5(9)10/h2*1H,2H2,(H,7,8)(H,9,10)(H,11,12). The maximum Gasteiger partial charge on any atom is 0.332 e. The molecule has 0 saturated heterocycles. The largest absolute Gasteiger partial charge is 0.481 e. The molecule has 0 aromatic carbocycles. The minimum atomic E-state index is -1.54. The van der Waals surface area contributed by atoms with Crippen LogP contribution in [0.15, 0.2) is 23.3 Å². The van der Waals surface area contributed by atoms with Crippen LogP contribution in [0.2, 0.25) is 0 Å². The second-order valence-corrected chi connectivity index (χ2v) is 3.77. The molecule has 0 rings (SSSR count). The Morgan fingerprint density at radius 2 is 0.792 bits per heavy atom. The molecule has 0 aliphatic rings. The van der Waals surface area contributed by atoms with Crippen LogP contribution in [0.4, 0.5) is 0 Å². The molecule has 12 heteroatoms. The lowest BCUT2D eigenvalue weighted by atomic mass is 10.2. The van der Waals surface area contributed by atoms with E-state index in [0.29, 0.717) is 12.2 Å². The van der Waals surface area contributed by atoms with Crippen LogP contribution in [0.1, 0.15) is 12.8 Å². The molecule has 12 nitrogen and oxygen atoms in total. The molecular weight excluding hydrogens is 336 g/mol. The van der Waals surface area contributed by atoms with Crippen LogP contribution in [0, 0.1) is 0 Å². The van der Waals surface area contributed by atoms with Crippen LogP contribution >= 0.6 is 0 Å². The summed E-state index contributed by atoms with van der Waals surface area (Å²) in [5.41, 5.74) is -1.31. The molecule has 0 bridgehead atoms. The Morgan fingerprint density at radius 3 is 0.917 bits per heavy atom. The third-order valence-electron chi connectivity index (χ3n) is 1.83. The van der Waals surface area contributed by atoms with Crippen molar-refractivity contribution in [2.45, 2.75) is 12.8 Å². The van der Waals surface area contributed by atoms with Gasteiger partial charge in [-0.2, -0.15) is 0 Å². The van der Waals surface area contributed by atoms with Crippen LogP contribution in [0.3, 0.4) is 0 Å². The molecular formula is C12H12O12. The van der Waals surface area contributed by atoms with Gasteiger partial charge in [0.1, 0.15) is 0 Å². The summed E-state index contributed by atoms with van der Waals surface area (Å²) in [6, 6.07) is 0. The average molecular weight is 348 g/mol. The van der Waals surface area contributed by atoms with Gasteiger partial charge in [-0.05, 0) is 0 Å². The molecule has 0 saturated carbocycles. The van der Waals surface area contributed by atoms with Crippen molar-refractivity contribution in [3.8, 4) is 0 Å². The number of rotatable bonds is 8. The summed E-state index contributed by atoms with van der Waals surface area (Å²) in [5, 5.41) is 49.1. The first kappa shape index (κ1) is 22.6. The Morgan fingerprint density at radius 1 is 0.542 bits per heavy atom. The van der Waals surface area contributed by atoms with Gasteiger partial charge in [0.2, 0.25) is 0 Å². The number of aliphatic carboxylic acids is 6. The fraction of sp³-hybridized carbons (Fsp3) is 0.167. The molecule has 0 fully saturated rings. The fourth-order valence-corrected chi connectivity index (χ4v) is 1.00. The predicted octanol–water partition coefficient (Wildman–Crippen LogP) is -0.887. The van der Waals surface area contributed by atoms with Crippen molar-refractivity contribution >= 4 is 35.8 Å². The van der Waals surface area contributed by atoms with Crippen LogP contribution in [0.5, 0.6) is 0 Å². The lowest BCUT2D eigenvalue weighted by molar-refractivity contribution is -0.140. The van der Waals surface area contributed by atoms with E-state index in [1.54, 1.807) is 0 Å². The predicted molar refractivity (Wildman–Crippen MR) is 71.2 cm³/mol. The zero-order chi connectivity index (χ0) is 19.4. The number of carbonyl (C=O) groups is 6. The van der Waals surface area contributed by atoms with E-state index in [4.69, 9.17) is 30.6 Å². The number of hydrogen-bond acceptors (Lipinski definition) is 6. The zero-order valence-electron chi connectivity index (χ0n) is 11.7. The molecule has 0 aromatic heterocycles. The first-order chi connectivity index (χ1) is 10.9. The van der Waals surface area contributed by atoms with Gasteiger partial charge in [-0.3, -0.25) is 9.59 Å². The summed E-state index contributed by atoms with van der Waals surface area (Å²) in [4.78, 5) is 60.3. The molecule has 0 aliphatic heterocycles. The Bertz CT molecular complexity index is 556. The van der Waals surface area contributed by atoms with Gasteiger partial charge in [0, 0.05) is 12.2 Å². The molecule has 0 aromatic rings. The molecule has 0 amide bonds. The second-order valence-electron chi connectivity index (χ2n) is 3.77. The maximum atomic E-state index is 10.2. The van der Waals surface area contributed by atoms with Crippen LogP contribution in [-0.2, 0) is 28.8 Å². The van der Waals surface area contributed by atoms with Crippen molar-refractivity contribution in [1.82, 2.24) is 0 Å². The van der Waals surface area contributed by atoms with E-state index in [1.807, 2.05) is 0 Å². The maximum absolute atomic E-state index is 10.2. The highest BCUT2D eigenvalue weighted by molar-refractivity contribution is 5.98. The molecule has 24 heavy (non-hydrogen) atoms. The fourth-order valence-electron chi connectivity index (χ4n) is 1.00. The molecule has 0 aliphatic carbocycles. The van der Waals surface area contributed by atoms with Crippen molar-refractivity contribution < 1.29 is 59.4 Å². The summed E-state index contributed by atoms with van der Waals surface area (Å²) in [6.07, 6.45) is -0.893. The average Bonchev–Trinajstić information content (AvgIpc) is 2.35. The van der Waals surface area contributed by atoms with Crippen molar-refractivity contribution in [2.24, 2.45) is 0 Å². The van der Waals surface area contributed by atoms with Crippen LogP contribution in [0.25, 0.3) is 0 Å². The van der Waals surface area contributed by atoms with Gasteiger partial charge in [0.25, 0.3) is 0 Å². The van der Waals surface area contributed by atoms with Gasteiger partial charge >= 0.3 is 35.8 Å². The smallest absolute Gasteiger partial charge is 0.332 e. The monoisotopic (exact) mass is 348 g/mol. The third-order valence-corrected chi connectivity index (χ3v) is 1.83. The summed E-state index contributed by atoms with van der Waals surface area (Å²) in [5.74, 6) is -8.81. The lowest BCUT2D eigenvalue weighted by Gasteiger charge is -1.94. The van der Waals surface area contributed by atoms with E-state index in [-0.39, 0.29) is 0 Å². The Hall–Kier alpha value is -3.70. The topological polar surface area (TPSA) is 224 Å². The number of hydrogen-bond donors (Lipinski definition) is 6. The SMILES string of the molecule is O=C(O)C=C(CC(=O)O)C(=O)O.O=C(O)C=C(CC(=O)O)C(=O)O. The van der Waals surface area contributed by atoms with Gasteiger partial charge in [0.15, 0.2) is 0 Å². The minimum Gasteiger partial charge on any atom is -0.481 e. The first-order valence-electron chi connectivity index (χ1n) is 5.64. The number of carboxylic acids is 6. The quantitative estimate of drug-likeness (QED) is 0.294. The van der Waals surface area contributed by atoms with E-state index in [0.717, 1.165) is 0 Å². The van der Waals surface area contributed by atoms with E-state index >= 15 is 0 Å². The summed E-state index contributed by atoms with van der Waals surface area (Å²) < 4.78 is 0. The second kappa shape index (κ2) is 10.9. The normalized spacial score (nSPS) is 10.8. The highest BCUT2D eigenvalue weighted by Crippen LogP contribution is 2.01. The van der Waals surface area contributed by atoms with Gasteiger partial charge in [-0.25, -0.2) is 19.2 Å². The third kappa shape index (κ3) is 13.3. The van der Waals surface area contributed by atoms with Crippen molar-refractivity contribution in [3.05, 3.63) is 23.3 Å². The lowest BCUT2D eigenvalue weighted by Crippen LogP contribution is -2.08. The molecule has 0 unspecified atom stereocenters. The van der Waals surface area contributed by atoms with Crippen molar-refractivity contribution in [3.63, 3.8) is 0 Å². The van der Waals surface area contributed by atoms with E-state index in [1.165, 1.54) is 0 Å². The number of carboxylic acid groups (broad SMARTS) is 6. The Balaban J connectivity index is 0. The molecule has 6 N–H and O–H groups in total. The van der Waals surface area contributed by atoms with Crippen LogP contribution < -0.4 is 0 Å². The van der Waals surface area contributed by atoms with Crippen molar-refractivity contribution in [2.75, 3.05) is 0 Å². The molecule has 0 atom stereocenters. The first-order valence-corrected chi connectivity index (χ1v) is 5.64. The zero-order valence-corrected chi connectivity index (χ0v) is 11.7.